The van der Waals surface area contributed by atoms with Crippen molar-refractivity contribution < 1.29 is 9.90 Å². The Hall–Kier alpha value is -1.19. The summed E-state index contributed by atoms with van der Waals surface area (Å²) in [5.74, 6) is -0.223. The molecule has 76 valence electrons. The van der Waals surface area contributed by atoms with Crippen molar-refractivity contribution in [3.05, 3.63) is 35.9 Å². The second-order valence-electron chi connectivity index (χ2n) is 3.51. The zero-order valence-electron chi connectivity index (χ0n) is 8.47. The Bertz CT molecular complexity index is 295. The molecule has 0 aliphatic rings. The first kappa shape index (κ1) is 10.9. The second kappa shape index (κ2) is 4.88. The molecule has 3 heteroatoms. The molecule has 0 bridgehead atoms. The number of carbonyl (C=O) groups excluding carboxylic acids is 1. The monoisotopic (exact) mass is 193 g/mol. The van der Waals surface area contributed by atoms with E-state index in [4.69, 9.17) is 0 Å². The standard InChI is InChI=1S/C11H15NO2/c1-12(2)8-10(13)11(14)9-6-4-3-5-7-9/h3-7,10,13H,8H2,1-2H3/t10-/m1/s1. The van der Waals surface area contributed by atoms with Crippen LogP contribution in [0.4, 0.5) is 0 Å². The van der Waals surface area contributed by atoms with E-state index in [9.17, 15) is 9.90 Å². The molecule has 0 saturated heterocycles. The number of benzene rings is 1. The minimum Gasteiger partial charge on any atom is -0.384 e. The molecular weight excluding hydrogens is 178 g/mol. The van der Waals surface area contributed by atoms with Crippen molar-refractivity contribution in [3.63, 3.8) is 0 Å². The zero-order chi connectivity index (χ0) is 10.6. The first-order valence-electron chi connectivity index (χ1n) is 4.53. The van der Waals surface area contributed by atoms with E-state index < -0.39 is 6.10 Å². The number of nitrogens with zero attached hydrogens (tertiary/aromatic N) is 1. The molecule has 0 amide bonds. The van der Waals surface area contributed by atoms with E-state index in [-0.39, 0.29) is 5.78 Å². The molecule has 0 spiro atoms. The molecule has 0 aliphatic heterocycles. The summed E-state index contributed by atoms with van der Waals surface area (Å²) in [5, 5.41) is 9.55. The lowest BCUT2D eigenvalue weighted by Gasteiger charge is -2.14. The third-order valence-corrected chi connectivity index (χ3v) is 1.90. The lowest BCUT2D eigenvalue weighted by molar-refractivity contribution is 0.0689. The van der Waals surface area contributed by atoms with Crippen LogP contribution in [0.15, 0.2) is 30.3 Å². The van der Waals surface area contributed by atoms with Crippen LogP contribution in [0.5, 0.6) is 0 Å². The number of Topliss-reactive ketones (excluding diaryl/α,β-unsaturated/α-hetero) is 1. The summed E-state index contributed by atoms with van der Waals surface area (Å²) < 4.78 is 0. The van der Waals surface area contributed by atoms with Gasteiger partial charge in [-0.25, -0.2) is 0 Å². The van der Waals surface area contributed by atoms with Gasteiger partial charge in [-0.3, -0.25) is 4.79 Å². The van der Waals surface area contributed by atoms with E-state index in [2.05, 4.69) is 0 Å². The molecule has 0 aromatic heterocycles. The molecule has 0 unspecified atom stereocenters. The van der Waals surface area contributed by atoms with Crippen LogP contribution in [0.3, 0.4) is 0 Å². The van der Waals surface area contributed by atoms with Gasteiger partial charge < -0.3 is 10.0 Å². The van der Waals surface area contributed by atoms with Crippen LogP contribution in [0.25, 0.3) is 0 Å². The molecule has 0 aliphatic carbocycles. The molecule has 1 aromatic rings. The van der Waals surface area contributed by atoms with E-state index >= 15 is 0 Å². The van der Waals surface area contributed by atoms with Gasteiger partial charge in [-0.15, -0.1) is 0 Å². The molecule has 14 heavy (non-hydrogen) atoms. The lowest BCUT2D eigenvalue weighted by atomic mass is 10.1. The van der Waals surface area contributed by atoms with Gasteiger partial charge in [0.2, 0.25) is 0 Å². The Morgan fingerprint density at radius 1 is 1.36 bits per heavy atom. The van der Waals surface area contributed by atoms with E-state index in [1.54, 1.807) is 29.2 Å². The fourth-order valence-corrected chi connectivity index (χ4v) is 1.22. The number of ketones is 1. The van der Waals surface area contributed by atoms with Crippen molar-refractivity contribution in [2.75, 3.05) is 20.6 Å². The Morgan fingerprint density at radius 3 is 2.43 bits per heavy atom. The summed E-state index contributed by atoms with van der Waals surface area (Å²) >= 11 is 0. The summed E-state index contributed by atoms with van der Waals surface area (Å²) in [6.07, 6.45) is -0.938. The maximum atomic E-state index is 11.6. The third kappa shape index (κ3) is 2.94. The van der Waals surface area contributed by atoms with Crippen LogP contribution in [0.1, 0.15) is 10.4 Å². The first-order chi connectivity index (χ1) is 6.61. The Balaban J connectivity index is 2.66. The summed E-state index contributed by atoms with van der Waals surface area (Å²) in [7, 11) is 3.64. The van der Waals surface area contributed by atoms with Crippen LogP contribution in [-0.4, -0.2) is 42.5 Å². The minimum absolute atomic E-state index is 0.223. The predicted molar refractivity (Wildman–Crippen MR) is 55.3 cm³/mol. The van der Waals surface area contributed by atoms with E-state index in [0.717, 1.165) is 0 Å². The largest absolute Gasteiger partial charge is 0.384 e. The average molecular weight is 193 g/mol. The van der Waals surface area contributed by atoms with Gasteiger partial charge in [0.15, 0.2) is 5.78 Å². The topological polar surface area (TPSA) is 40.5 Å². The molecule has 1 N–H and O–H groups in total. The van der Waals surface area contributed by atoms with Crippen molar-refractivity contribution in [2.24, 2.45) is 0 Å². The molecule has 1 atom stereocenters. The van der Waals surface area contributed by atoms with E-state index in [1.165, 1.54) is 0 Å². The van der Waals surface area contributed by atoms with Gasteiger partial charge >= 0.3 is 0 Å². The maximum absolute atomic E-state index is 11.6. The smallest absolute Gasteiger partial charge is 0.192 e. The number of hydrogen-bond donors (Lipinski definition) is 1. The molecule has 0 radical (unpaired) electrons. The van der Waals surface area contributed by atoms with Gasteiger partial charge in [-0.2, -0.15) is 0 Å². The van der Waals surface area contributed by atoms with Gasteiger partial charge in [0.1, 0.15) is 6.10 Å². The third-order valence-electron chi connectivity index (χ3n) is 1.90. The van der Waals surface area contributed by atoms with Crippen molar-refractivity contribution in [1.82, 2.24) is 4.90 Å². The second-order valence-corrected chi connectivity index (χ2v) is 3.51. The summed E-state index contributed by atoms with van der Waals surface area (Å²) in [5.41, 5.74) is 0.557. The molecule has 3 nitrogen and oxygen atoms in total. The van der Waals surface area contributed by atoms with Crippen LogP contribution >= 0.6 is 0 Å². The quantitative estimate of drug-likeness (QED) is 0.719. The van der Waals surface area contributed by atoms with Gasteiger partial charge in [-0.1, -0.05) is 30.3 Å². The molecule has 0 saturated carbocycles. The number of rotatable bonds is 4. The molecule has 1 aromatic carbocycles. The highest BCUT2D eigenvalue weighted by Gasteiger charge is 2.16. The maximum Gasteiger partial charge on any atom is 0.192 e. The summed E-state index contributed by atoms with van der Waals surface area (Å²) in [6, 6.07) is 8.84. The number of aliphatic hydroxyl groups excluding tert-OH is 1. The fourth-order valence-electron chi connectivity index (χ4n) is 1.22. The zero-order valence-corrected chi connectivity index (χ0v) is 8.47. The fraction of sp³-hybridized carbons (Fsp3) is 0.364. The summed E-state index contributed by atoms with van der Waals surface area (Å²) in [4.78, 5) is 13.4. The molecule has 0 fully saturated rings. The van der Waals surface area contributed by atoms with Crippen molar-refractivity contribution >= 4 is 5.78 Å². The normalized spacial score (nSPS) is 12.9. The van der Waals surface area contributed by atoms with Gasteiger partial charge in [0.05, 0.1) is 0 Å². The Labute approximate surface area is 84.0 Å². The van der Waals surface area contributed by atoms with Gasteiger partial charge in [-0.05, 0) is 14.1 Å². The predicted octanol–water partition coefficient (Wildman–Crippen LogP) is 0.792. The van der Waals surface area contributed by atoms with Crippen LogP contribution in [0, 0.1) is 0 Å². The highest BCUT2D eigenvalue weighted by Crippen LogP contribution is 2.03. The lowest BCUT2D eigenvalue weighted by Crippen LogP contribution is -2.32. The highest BCUT2D eigenvalue weighted by molar-refractivity contribution is 5.99. The SMILES string of the molecule is CN(C)C[C@@H](O)C(=O)c1ccccc1. The minimum atomic E-state index is -0.938. The van der Waals surface area contributed by atoms with Gasteiger partial charge in [0, 0.05) is 12.1 Å². The van der Waals surface area contributed by atoms with Crippen LogP contribution in [0.2, 0.25) is 0 Å². The summed E-state index contributed by atoms with van der Waals surface area (Å²) in [6.45, 7) is 0.355. The average Bonchev–Trinajstić information content (AvgIpc) is 2.17. The number of aliphatic hydroxyl groups is 1. The van der Waals surface area contributed by atoms with E-state index in [0.29, 0.717) is 12.1 Å². The molecule has 1 rings (SSSR count). The highest BCUT2D eigenvalue weighted by atomic mass is 16.3. The number of carbonyl (C=O) groups is 1. The first-order valence-corrected chi connectivity index (χ1v) is 4.53. The van der Waals surface area contributed by atoms with Gasteiger partial charge in [0.25, 0.3) is 0 Å². The van der Waals surface area contributed by atoms with Crippen LogP contribution < -0.4 is 0 Å². The van der Waals surface area contributed by atoms with E-state index in [1.807, 2.05) is 20.2 Å². The number of hydrogen-bond acceptors (Lipinski definition) is 3. The molecule has 0 heterocycles. The van der Waals surface area contributed by atoms with Crippen LogP contribution in [-0.2, 0) is 0 Å². The van der Waals surface area contributed by atoms with Crippen molar-refractivity contribution in [3.8, 4) is 0 Å². The Kier molecular flexibility index (Phi) is 3.80. The molecular formula is C11H15NO2. The van der Waals surface area contributed by atoms with Crippen molar-refractivity contribution in [1.29, 1.82) is 0 Å². The number of likely N-dealkylation sites (N-methyl/N-ethyl adjacent to an activating group) is 1. The van der Waals surface area contributed by atoms with Crippen molar-refractivity contribution in [2.45, 2.75) is 6.10 Å². The Morgan fingerprint density at radius 2 is 1.93 bits per heavy atom.